The topological polar surface area (TPSA) is 68.1 Å². The summed E-state index contributed by atoms with van der Waals surface area (Å²) in [5.74, 6) is 0.699. The van der Waals surface area contributed by atoms with Gasteiger partial charge >= 0.3 is 5.97 Å². The van der Waals surface area contributed by atoms with Gasteiger partial charge in [0, 0.05) is 6.08 Å². The zero-order chi connectivity index (χ0) is 15.8. The fourth-order valence-electron chi connectivity index (χ4n) is 1.72. The molecule has 2 aromatic rings. The number of hydrogen-bond donors (Lipinski definition) is 1. The van der Waals surface area contributed by atoms with Crippen molar-refractivity contribution in [2.24, 2.45) is 5.16 Å². The van der Waals surface area contributed by atoms with Crippen molar-refractivity contribution < 1.29 is 19.5 Å². The molecule has 0 bridgehead atoms. The lowest BCUT2D eigenvalue weighted by Gasteiger charge is -2.01. The highest BCUT2D eigenvalue weighted by Crippen LogP contribution is 2.14. The number of nitrogens with zero attached hydrogens (tertiary/aromatic N) is 1. The standard InChI is InChI=1S/C17H15NO4/c1-21-15-7-2-13(3-8-15)6-11-17(19)22-16-9-4-14(5-10-16)12-18-20/h2-12,20H,1H3/b11-6?,18-12+. The molecular formula is C17H15NO4. The predicted octanol–water partition coefficient (Wildman–Crippen LogP) is 3.12. The van der Waals surface area contributed by atoms with E-state index in [2.05, 4.69) is 5.16 Å². The van der Waals surface area contributed by atoms with E-state index >= 15 is 0 Å². The first-order valence-electron chi connectivity index (χ1n) is 6.53. The molecule has 2 aromatic carbocycles. The summed E-state index contributed by atoms with van der Waals surface area (Å²) < 4.78 is 10.2. The molecule has 0 aliphatic heterocycles. The third-order valence-electron chi connectivity index (χ3n) is 2.83. The molecule has 0 saturated heterocycles. The number of hydrogen-bond acceptors (Lipinski definition) is 5. The van der Waals surface area contributed by atoms with Crippen molar-refractivity contribution >= 4 is 18.3 Å². The van der Waals surface area contributed by atoms with Gasteiger partial charge in [-0.1, -0.05) is 17.3 Å². The number of benzene rings is 2. The third kappa shape index (κ3) is 4.49. The van der Waals surface area contributed by atoms with E-state index in [0.29, 0.717) is 11.3 Å². The molecule has 0 heterocycles. The first-order valence-corrected chi connectivity index (χ1v) is 6.53. The Labute approximate surface area is 128 Å². The van der Waals surface area contributed by atoms with Crippen molar-refractivity contribution in [1.29, 1.82) is 0 Å². The summed E-state index contributed by atoms with van der Waals surface area (Å²) in [7, 11) is 1.60. The zero-order valence-electron chi connectivity index (χ0n) is 12.0. The molecule has 2 rings (SSSR count). The van der Waals surface area contributed by atoms with Crippen LogP contribution in [-0.4, -0.2) is 24.5 Å². The number of carbonyl (C=O) groups is 1. The molecule has 5 nitrogen and oxygen atoms in total. The van der Waals surface area contributed by atoms with Crippen molar-refractivity contribution in [2.75, 3.05) is 7.11 Å². The molecule has 0 aliphatic carbocycles. The summed E-state index contributed by atoms with van der Waals surface area (Å²) in [4.78, 5) is 11.7. The molecule has 0 saturated carbocycles. The molecule has 22 heavy (non-hydrogen) atoms. The van der Waals surface area contributed by atoms with Gasteiger partial charge in [0.15, 0.2) is 0 Å². The molecule has 112 valence electrons. The van der Waals surface area contributed by atoms with Crippen LogP contribution < -0.4 is 9.47 Å². The van der Waals surface area contributed by atoms with Gasteiger partial charge in [0.05, 0.1) is 13.3 Å². The van der Waals surface area contributed by atoms with Crippen molar-refractivity contribution in [1.82, 2.24) is 0 Å². The van der Waals surface area contributed by atoms with E-state index in [9.17, 15) is 4.79 Å². The van der Waals surface area contributed by atoms with Gasteiger partial charge in [-0.2, -0.15) is 0 Å². The van der Waals surface area contributed by atoms with E-state index in [1.165, 1.54) is 12.3 Å². The Hall–Kier alpha value is -3.08. The Morgan fingerprint density at radius 3 is 2.18 bits per heavy atom. The fraction of sp³-hybridized carbons (Fsp3) is 0.0588. The van der Waals surface area contributed by atoms with E-state index in [-0.39, 0.29) is 0 Å². The van der Waals surface area contributed by atoms with Gasteiger partial charge in [0.2, 0.25) is 0 Å². The van der Waals surface area contributed by atoms with E-state index in [1.54, 1.807) is 37.5 Å². The largest absolute Gasteiger partial charge is 0.497 e. The highest BCUT2D eigenvalue weighted by atomic mass is 16.5. The van der Waals surface area contributed by atoms with Crippen LogP contribution in [0.5, 0.6) is 11.5 Å². The van der Waals surface area contributed by atoms with Crippen LogP contribution in [-0.2, 0) is 4.79 Å². The van der Waals surface area contributed by atoms with Gasteiger partial charge in [-0.25, -0.2) is 4.79 Å². The summed E-state index contributed by atoms with van der Waals surface area (Å²) >= 11 is 0. The molecule has 0 unspecified atom stereocenters. The van der Waals surface area contributed by atoms with Crippen LogP contribution >= 0.6 is 0 Å². The number of carbonyl (C=O) groups excluding carboxylic acids is 1. The Morgan fingerprint density at radius 1 is 1.00 bits per heavy atom. The Balaban J connectivity index is 1.95. The maximum atomic E-state index is 11.7. The van der Waals surface area contributed by atoms with Crippen LogP contribution in [0.15, 0.2) is 59.8 Å². The quantitative estimate of drug-likeness (QED) is 0.230. The second kappa shape index (κ2) is 7.64. The average molecular weight is 297 g/mol. The van der Waals surface area contributed by atoms with Crippen molar-refractivity contribution in [2.45, 2.75) is 0 Å². The van der Waals surface area contributed by atoms with Gasteiger partial charge < -0.3 is 14.7 Å². The normalized spacial score (nSPS) is 11.0. The minimum Gasteiger partial charge on any atom is -0.497 e. The first kappa shape index (κ1) is 15.3. The molecular weight excluding hydrogens is 282 g/mol. The van der Waals surface area contributed by atoms with Crippen LogP contribution in [0, 0.1) is 0 Å². The number of methoxy groups -OCH3 is 1. The lowest BCUT2D eigenvalue weighted by atomic mass is 10.2. The maximum Gasteiger partial charge on any atom is 0.336 e. The first-order chi connectivity index (χ1) is 10.7. The van der Waals surface area contributed by atoms with E-state index in [1.807, 2.05) is 24.3 Å². The smallest absolute Gasteiger partial charge is 0.336 e. The Bertz CT molecular complexity index is 673. The molecule has 0 fully saturated rings. The van der Waals surface area contributed by atoms with Crippen LogP contribution in [0.1, 0.15) is 11.1 Å². The van der Waals surface area contributed by atoms with Gasteiger partial charge in [0.1, 0.15) is 11.5 Å². The average Bonchev–Trinajstić information content (AvgIpc) is 2.55. The Morgan fingerprint density at radius 2 is 1.59 bits per heavy atom. The van der Waals surface area contributed by atoms with E-state index < -0.39 is 5.97 Å². The summed E-state index contributed by atoms with van der Waals surface area (Å²) in [6, 6.07) is 13.9. The second-order valence-corrected chi connectivity index (χ2v) is 4.34. The van der Waals surface area contributed by atoms with Crippen LogP contribution in [0.2, 0.25) is 0 Å². The van der Waals surface area contributed by atoms with Crippen LogP contribution in [0.4, 0.5) is 0 Å². The number of rotatable bonds is 5. The SMILES string of the molecule is COc1ccc(C=CC(=O)Oc2ccc(/C=N/O)cc2)cc1. The van der Waals surface area contributed by atoms with Gasteiger partial charge in [-0.15, -0.1) is 0 Å². The number of ether oxygens (including phenoxy) is 2. The molecule has 0 spiro atoms. The highest BCUT2D eigenvalue weighted by molar-refractivity contribution is 5.88. The summed E-state index contributed by atoms with van der Waals surface area (Å²) in [6.07, 6.45) is 4.30. The number of oxime groups is 1. The van der Waals surface area contributed by atoms with Crippen LogP contribution in [0.3, 0.4) is 0 Å². The van der Waals surface area contributed by atoms with Gasteiger partial charge in [-0.3, -0.25) is 0 Å². The molecule has 0 aliphatic rings. The molecule has 0 aromatic heterocycles. The van der Waals surface area contributed by atoms with Crippen molar-refractivity contribution in [3.63, 3.8) is 0 Å². The number of esters is 1. The zero-order valence-corrected chi connectivity index (χ0v) is 12.0. The maximum absolute atomic E-state index is 11.7. The second-order valence-electron chi connectivity index (χ2n) is 4.34. The molecule has 0 atom stereocenters. The third-order valence-corrected chi connectivity index (χ3v) is 2.83. The van der Waals surface area contributed by atoms with E-state index in [4.69, 9.17) is 14.7 Å². The molecule has 1 N–H and O–H groups in total. The molecule has 0 amide bonds. The van der Waals surface area contributed by atoms with Crippen LogP contribution in [0.25, 0.3) is 6.08 Å². The van der Waals surface area contributed by atoms with Gasteiger partial charge in [-0.05, 0) is 53.6 Å². The monoisotopic (exact) mass is 297 g/mol. The van der Waals surface area contributed by atoms with E-state index in [0.717, 1.165) is 11.3 Å². The lowest BCUT2D eigenvalue weighted by Crippen LogP contribution is -2.03. The minimum atomic E-state index is -0.473. The summed E-state index contributed by atoms with van der Waals surface area (Å²) in [5.41, 5.74) is 1.57. The predicted molar refractivity (Wildman–Crippen MR) is 83.5 cm³/mol. The lowest BCUT2D eigenvalue weighted by molar-refractivity contribution is -0.128. The minimum absolute atomic E-state index is 0.416. The fourth-order valence-corrected chi connectivity index (χ4v) is 1.72. The molecule has 0 radical (unpaired) electrons. The summed E-state index contributed by atoms with van der Waals surface area (Å²) in [5, 5.41) is 11.3. The van der Waals surface area contributed by atoms with Gasteiger partial charge in [0.25, 0.3) is 0 Å². The van der Waals surface area contributed by atoms with Crippen molar-refractivity contribution in [3.05, 3.63) is 65.7 Å². The molecule has 5 heteroatoms. The van der Waals surface area contributed by atoms with Crippen molar-refractivity contribution in [3.8, 4) is 11.5 Å². The highest BCUT2D eigenvalue weighted by Gasteiger charge is 2.00. The Kier molecular flexibility index (Phi) is 5.31. The summed E-state index contributed by atoms with van der Waals surface area (Å²) in [6.45, 7) is 0.